The monoisotopic (exact) mass is 172 g/mol. The van der Waals surface area contributed by atoms with Gasteiger partial charge in [-0.2, -0.15) is 0 Å². The second-order valence-corrected chi connectivity index (χ2v) is 3.44. The Labute approximate surface area is 75.2 Å². The van der Waals surface area contributed by atoms with E-state index in [1.165, 1.54) is 32.1 Å². The molecule has 0 aromatic heterocycles. The van der Waals surface area contributed by atoms with Crippen LogP contribution in [0.25, 0.3) is 0 Å². The first-order valence-corrected chi connectivity index (χ1v) is 5.13. The first kappa shape index (κ1) is 10.0. The van der Waals surface area contributed by atoms with E-state index in [4.69, 9.17) is 9.47 Å². The van der Waals surface area contributed by atoms with Crippen molar-refractivity contribution in [2.45, 2.75) is 45.1 Å². The van der Waals surface area contributed by atoms with Gasteiger partial charge in [-0.1, -0.05) is 32.6 Å². The maximum atomic E-state index is 5.53. The van der Waals surface area contributed by atoms with Gasteiger partial charge >= 0.3 is 0 Å². The molecule has 0 radical (unpaired) electrons. The summed E-state index contributed by atoms with van der Waals surface area (Å²) in [5.74, 6) is 0. The highest BCUT2D eigenvalue weighted by Crippen LogP contribution is 2.07. The largest absolute Gasteiger partial charge is 0.376 e. The molecule has 0 amide bonds. The van der Waals surface area contributed by atoms with Crippen molar-refractivity contribution >= 4 is 0 Å². The van der Waals surface area contributed by atoms with E-state index in [2.05, 4.69) is 6.92 Å². The van der Waals surface area contributed by atoms with Crippen molar-refractivity contribution in [3.8, 4) is 0 Å². The molecule has 2 heteroatoms. The predicted octanol–water partition coefficient (Wildman–Crippen LogP) is 2.37. The van der Waals surface area contributed by atoms with Crippen LogP contribution in [-0.2, 0) is 9.47 Å². The van der Waals surface area contributed by atoms with E-state index in [1.54, 1.807) is 0 Å². The zero-order valence-corrected chi connectivity index (χ0v) is 8.05. The SMILES string of the molecule is CCCCCCCOC1COC1. The standard InChI is InChI=1S/C10H20O2/c1-2-3-4-5-6-7-12-10-8-11-9-10/h10H,2-9H2,1H3. The lowest BCUT2D eigenvalue weighted by Crippen LogP contribution is -2.36. The Balaban J connectivity index is 1.70. The lowest BCUT2D eigenvalue weighted by molar-refractivity contribution is -0.129. The molecule has 1 fully saturated rings. The average molecular weight is 172 g/mol. The van der Waals surface area contributed by atoms with Crippen LogP contribution < -0.4 is 0 Å². The maximum Gasteiger partial charge on any atom is 0.104 e. The molecular weight excluding hydrogens is 152 g/mol. The molecule has 1 aliphatic rings. The fourth-order valence-electron chi connectivity index (χ4n) is 1.27. The van der Waals surface area contributed by atoms with Crippen molar-refractivity contribution < 1.29 is 9.47 Å². The first-order valence-electron chi connectivity index (χ1n) is 5.13. The topological polar surface area (TPSA) is 18.5 Å². The lowest BCUT2D eigenvalue weighted by Gasteiger charge is -2.25. The molecule has 0 aliphatic carbocycles. The summed E-state index contributed by atoms with van der Waals surface area (Å²) < 4.78 is 10.5. The zero-order chi connectivity index (χ0) is 8.65. The molecule has 0 bridgehead atoms. The molecule has 0 spiro atoms. The van der Waals surface area contributed by atoms with Crippen LogP contribution in [0, 0.1) is 0 Å². The molecule has 1 rings (SSSR count). The molecule has 2 nitrogen and oxygen atoms in total. The summed E-state index contributed by atoms with van der Waals surface area (Å²) in [6.45, 7) is 4.80. The molecule has 0 N–H and O–H groups in total. The molecule has 0 atom stereocenters. The van der Waals surface area contributed by atoms with Crippen LogP contribution in [0.1, 0.15) is 39.0 Å². The molecule has 1 saturated heterocycles. The van der Waals surface area contributed by atoms with Crippen molar-refractivity contribution in [2.75, 3.05) is 19.8 Å². The molecule has 12 heavy (non-hydrogen) atoms. The van der Waals surface area contributed by atoms with Gasteiger partial charge in [-0.15, -0.1) is 0 Å². The van der Waals surface area contributed by atoms with Crippen LogP contribution in [0.4, 0.5) is 0 Å². The second kappa shape index (κ2) is 6.44. The highest BCUT2D eigenvalue weighted by Gasteiger charge is 2.17. The fourth-order valence-corrected chi connectivity index (χ4v) is 1.27. The van der Waals surface area contributed by atoms with Crippen LogP contribution in [0.15, 0.2) is 0 Å². The molecule has 72 valence electrons. The van der Waals surface area contributed by atoms with E-state index in [9.17, 15) is 0 Å². The predicted molar refractivity (Wildman–Crippen MR) is 49.3 cm³/mol. The smallest absolute Gasteiger partial charge is 0.104 e. The minimum Gasteiger partial charge on any atom is -0.376 e. The molecule has 1 aliphatic heterocycles. The summed E-state index contributed by atoms with van der Waals surface area (Å²) in [6.07, 6.45) is 7.00. The third kappa shape index (κ3) is 4.07. The molecule has 0 saturated carbocycles. The van der Waals surface area contributed by atoms with Crippen LogP contribution in [0.5, 0.6) is 0 Å². The molecule has 0 aromatic carbocycles. The van der Waals surface area contributed by atoms with Gasteiger partial charge < -0.3 is 9.47 Å². The summed E-state index contributed by atoms with van der Waals surface area (Å²) in [4.78, 5) is 0. The van der Waals surface area contributed by atoms with Crippen molar-refractivity contribution in [3.63, 3.8) is 0 Å². The maximum absolute atomic E-state index is 5.53. The van der Waals surface area contributed by atoms with E-state index in [0.29, 0.717) is 6.10 Å². The minimum absolute atomic E-state index is 0.413. The van der Waals surface area contributed by atoms with Crippen LogP contribution in [0.2, 0.25) is 0 Å². The Bertz CT molecular complexity index is 100. The average Bonchev–Trinajstić information content (AvgIpc) is 2.00. The Kier molecular flexibility index (Phi) is 5.37. The molecule has 0 unspecified atom stereocenters. The fraction of sp³-hybridized carbons (Fsp3) is 1.00. The molecule has 1 heterocycles. The van der Waals surface area contributed by atoms with Crippen molar-refractivity contribution in [2.24, 2.45) is 0 Å². The van der Waals surface area contributed by atoms with Gasteiger partial charge in [0, 0.05) is 6.61 Å². The van der Waals surface area contributed by atoms with Gasteiger partial charge in [-0.05, 0) is 6.42 Å². The van der Waals surface area contributed by atoms with Gasteiger partial charge in [-0.25, -0.2) is 0 Å². The van der Waals surface area contributed by atoms with E-state index < -0.39 is 0 Å². The van der Waals surface area contributed by atoms with Crippen molar-refractivity contribution in [3.05, 3.63) is 0 Å². The second-order valence-electron chi connectivity index (χ2n) is 3.44. The van der Waals surface area contributed by atoms with Crippen molar-refractivity contribution in [1.29, 1.82) is 0 Å². The van der Waals surface area contributed by atoms with Gasteiger partial charge in [0.15, 0.2) is 0 Å². The third-order valence-corrected chi connectivity index (χ3v) is 2.21. The summed E-state index contributed by atoms with van der Waals surface area (Å²) in [5.41, 5.74) is 0. The highest BCUT2D eigenvalue weighted by molar-refractivity contribution is 4.63. The Morgan fingerprint density at radius 3 is 2.50 bits per heavy atom. The molecule has 0 aromatic rings. The first-order chi connectivity index (χ1) is 5.93. The minimum atomic E-state index is 0.413. The number of hydrogen-bond donors (Lipinski definition) is 0. The lowest BCUT2D eigenvalue weighted by atomic mass is 10.2. The van der Waals surface area contributed by atoms with Crippen molar-refractivity contribution in [1.82, 2.24) is 0 Å². The number of ether oxygens (including phenoxy) is 2. The van der Waals surface area contributed by atoms with Gasteiger partial charge in [0.25, 0.3) is 0 Å². The van der Waals surface area contributed by atoms with Gasteiger partial charge in [-0.3, -0.25) is 0 Å². The Hall–Kier alpha value is -0.0800. The van der Waals surface area contributed by atoms with E-state index in [1.807, 2.05) is 0 Å². The van der Waals surface area contributed by atoms with E-state index >= 15 is 0 Å². The molecular formula is C10H20O2. The van der Waals surface area contributed by atoms with Gasteiger partial charge in [0.2, 0.25) is 0 Å². The van der Waals surface area contributed by atoms with E-state index in [-0.39, 0.29) is 0 Å². The van der Waals surface area contributed by atoms with Crippen LogP contribution >= 0.6 is 0 Å². The Morgan fingerprint density at radius 1 is 1.17 bits per heavy atom. The third-order valence-electron chi connectivity index (χ3n) is 2.21. The summed E-state index contributed by atoms with van der Waals surface area (Å²) in [5, 5.41) is 0. The number of rotatable bonds is 7. The number of hydrogen-bond acceptors (Lipinski definition) is 2. The van der Waals surface area contributed by atoms with Crippen LogP contribution in [0.3, 0.4) is 0 Å². The summed E-state index contributed by atoms with van der Waals surface area (Å²) in [6, 6.07) is 0. The van der Waals surface area contributed by atoms with Gasteiger partial charge in [0.1, 0.15) is 6.10 Å². The Morgan fingerprint density at radius 2 is 1.92 bits per heavy atom. The van der Waals surface area contributed by atoms with E-state index in [0.717, 1.165) is 19.8 Å². The number of unbranched alkanes of at least 4 members (excludes halogenated alkanes) is 4. The quantitative estimate of drug-likeness (QED) is 0.549. The van der Waals surface area contributed by atoms with Gasteiger partial charge in [0.05, 0.1) is 13.2 Å². The highest BCUT2D eigenvalue weighted by atomic mass is 16.6. The summed E-state index contributed by atoms with van der Waals surface area (Å²) >= 11 is 0. The zero-order valence-electron chi connectivity index (χ0n) is 8.05. The normalized spacial score (nSPS) is 17.8. The van der Waals surface area contributed by atoms with Crippen LogP contribution in [-0.4, -0.2) is 25.9 Å². The summed E-state index contributed by atoms with van der Waals surface area (Å²) in [7, 11) is 0.